The Bertz CT molecular complexity index is 586. The van der Waals surface area contributed by atoms with Gasteiger partial charge in [-0.25, -0.2) is 4.39 Å². The van der Waals surface area contributed by atoms with Crippen LogP contribution in [0.5, 0.6) is 0 Å². The topological polar surface area (TPSA) is 29.1 Å². The van der Waals surface area contributed by atoms with Gasteiger partial charge < -0.3 is 5.32 Å². The van der Waals surface area contributed by atoms with Crippen LogP contribution in [0.4, 0.5) is 10.1 Å². The quantitative estimate of drug-likeness (QED) is 0.599. The molecule has 0 bridgehead atoms. The van der Waals surface area contributed by atoms with Gasteiger partial charge in [-0.3, -0.25) is 4.79 Å². The summed E-state index contributed by atoms with van der Waals surface area (Å²) in [6.45, 7) is 0. The molecule has 0 aromatic heterocycles. The van der Waals surface area contributed by atoms with Gasteiger partial charge >= 0.3 is 0 Å². The van der Waals surface area contributed by atoms with E-state index in [2.05, 4.69) is 5.32 Å². The Labute approximate surface area is 132 Å². The summed E-state index contributed by atoms with van der Waals surface area (Å²) in [6, 6.07) is 13.4. The minimum atomic E-state index is -0.235. The smallest absolute Gasteiger partial charge is 0.224 e. The fourth-order valence-corrected chi connectivity index (χ4v) is 2.69. The van der Waals surface area contributed by atoms with Crippen molar-refractivity contribution < 1.29 is 9.18 Å². The maximum Gasteiger partial charge on any atom is 0.224 e. The summed E-state index contributed by atoms with van der Waals surface area (Å²) in [5.74, 6) is 0.568. The summed E-state index contributed by atoms with van der Waals surface area (Å²) in [6.07, 6.45) is 1.22. The fourth-order valence-electron chi connectivity index (χ4n) is 1.71. The van der Waals surface area contributed by atoms with Crippen LogP contribution in [0.3, 0.4) is 0 Å². The molecule has 0 spiro atoms. The minimum absolute atomic E-state index is 0.0166. The summed E-state index contributed by atoms with van der Waals surface area (Å²) in [7, 11) is 0. The largest absolute Gasteiger partial charge is 0.326 e. The van der Waals surface area contributed by atoms with Gasteiger partial charge in [-0.2, -0.15) is 0 Å². The van der Waals surface area contributed by atoms with Gasteiger partial charge in [0.15, 0.2) is 0 Å². The number of carbonyl (C=O) groups is 1. The number of amides is 1. The highest BCUT2D eigenvalue weighted by Crippen LogP contribution is 2.19. The van der Waals surface area contributed by atoms with E-state index in [9.17, 15) is 9.18 Å². The molecule has 110 valence electrons. The van der Waals surface area contributed by atoms with E-state index in [1.807, 2.05) is 0 Å². The summed E-state index contributed by atoms with van der Waals surface area (Å²) in [4.78, 5) is 12.8. The SMILES string of the molecule is O=C(CCCSc1ccc(F)cc1)Nc1ccc(Cl)cc1. The van der Waals surface area contributed by atoms with Crippen molar-refractivity contribution in [2.24, 2.45) is 0 Å². The third kappa shape index (κ3) is 5.78. The monoisotopic (exact) mass is 323 g/mol. The molecule has 21 heavy (non-hydrogen) atoms. The molecule has 1 N–H and O–H groups in total. The van der Waals surface area contributed by atoms with Crippen molar-refractivity contribution in [2.45, 2.75) is 17.7 Å². The van der Waals surface area contributed by atoms with Crippen LogP contribution in [0.15, 0.2) is 53.4 Å². The van der Waals surface area contributed by atoms with E-state index >= 15 is 0 Å². The highest BCUT2D eigenvalue weighted by Gasteiger charge is 2.03. The van der Waals surface area contributed by atoms with E-state index in [0.29, 0.717) is 11.4 Å². The Morgan fingerprint density at radius 3 is 2.43 bits per heavy atom. The number of rotatable bonds is 6. The highest BCUT2D eigenvalue weighted by molar-refractivity contribution is 7.99. The first kappa shape index (κ1) is 15.9. The van der Waals surface area contributed by atoms with Crippen LogP contribution in [0, 0.1) is 5.82 Å². The Balaban J connectivity index is 1.67. The third-order valence-corrected chi connectivity index (χ3v) is 4.11. The Kier molecular flexibility index (Phi) is 6.08. The van der Waals surface area contributed by atoms with Crippen LogP contribution >= 0.6 is 23.4 Å². The van der Waals surface area contributed by atoms with E-state index in [-0.39, 0.29) is 11.7 Å². The van der Waals surface area contributed by atoms with Crippen LogP contribution in [-0.4, -0.2) is 11.7 Å². The van der Waals surface area contributed by atoms with E-state index in [1.165, 1.54) is 12.1 Å². The average molecular weight is 324 g/mol. The van der Waals surface area contributed by atoms with Gasteiger partial charge in [0, 0.05) is 22.0 Å². The molecule has 0 aliphatic carbocycles. The third-order valence-electron chi connectivity index (χ3n) is 2.76. The summed E-state index contributed by atoms with van der Waals surface area (Å²) in [5, 5.41) is 3.46. The molecule has 2 nitrogen and oxygen atoms in total. The zero-order valence-corrected chi connectivity index (χ0v) is 12.9. The van der Waals surface area contributed by atoms with E-state index < -0.39 is 0 Å². The minimum Gasteiger partial charge on any atom is -0.326 e. The van der Waals surface area contributed by atoms with Crippen LogP contribution in [-0.2, 0) is 4.79 Å². The van der Waals surface area contributed by atoms with Crippen LogP contribution in [0.25, 0.3) is 0 Å². The van der Waals surface area contributed by atoms with E-state index in [4.69, 9.17) is 11.6 Å². The second-order valence-electron chi connectivity index (χ2n) is 4.46. The van der Waals surface area contributed by atoms with Gasteiger partial charge in [0.25, 0.3) is 0 Å². The first-order chi connectivity index (χ1) is 10.1. The Morgan fingerprint density at radius 2 is 1.76 bits per heavy atom. The van der Waals surface area contributed by atoms with Crippen molar-refractivity contribution in [1.82, 2.24) is 0 Å². The molecule has 0 aliphatic heterocycles. The molecule has 1 amide bonds. The maximum atomic E-state index is 12.7. The molecule has 0 atom stereocenters. The standard InChI is InChI=1S/C16H15ClFNOS/c17-12-3-7-14(8-4-12)19-16(20)2-1-11-21-15-9-5-13(18)6-10-15/h3-10H,1-2,11H2,(H,19,20). The number of halogens is 2. The molecule has 2 rings (SSSR count). The molecule has 0 saturated carbocycles. The Hall–Kier alpha value is -1.52. The van der Waals surface area contributed by atoms with Gasteiger partial charge in [-0.1, -0.05) is 11.6 Å². The van der Waals surface area contributed by atoms with Gasteiger partial charge in [0.2, 0.25) is 5.91 Å². The van der Waals surface area contributed by atoms with Gasteiger partial charge in [0.05, 0.1) is 0 Å². The van der Waals surface area contributed by atoms with Gasteiger partial charge in [0.1, 0.15) is 5.82 Å². The number of hydrogen-bond donors (Lipinski definition) is 1. The lowest BCUT2D eigenvalue weighted by atomic mass is 10.3. The second-order valence-corrected chi connectivity index (χ2v) is 6.07. The van der Waals surface area contributed by atoms with Crippen molar-refractivity contribution in [3.63, 3.8) is 0 Å². The van der Waals surface area contributed by atoms with Crippen LogP contribution in [0.1, 0.15) is 12.8 Å². The highest BCUT2D eigenvalue weighted by atomic mass is 35.5. The summed E-state index contributed by atoms with van der Waals surface area (Å²) >= 11 is 7.39. The van der Waals surface area contributed by atoms with Crippen LogP contribution in [0.2, 0.25) is 5.02 Å². The molecule has 0 saturated heterocycles. The molecule has 0 fully saturated rings. The number of benzene rings is 2. The second kappa shape index (κ2) is 8.05. The molecule has 2 aromatic rings. The molecular formula is C16H15ClFNOS. The van der Waals surface area contributed by atoms with Crippen molar-refractivity contribution >= 4 is 35.0 Å². The molecule has 0 heterocycles. The number of carbonyl (C=O) groups excluding carboxylic acids is 1. The lowest BCUT2D eigenvalue weighted by Gasteiger charge is -2.05. The fraction of sp³-hybridized carbons (Fsp3) is 0.188. The molecule has 0 radical (unpaired) electrons. The lowest BCUT2D eigenvalue weighted by molar-refractivity contribution is -0.116. The average Bonchev–Trinajstić information content (AvgIpc) is 2.48. The first-order valence-corrected chi connectivity index (χ1v) is 7.93. The summed E-state index contributed by atoms with van der Waals surface area (Å²) < 4.78 is 12.7. The molecule has 0 unspecified atom stereocenters. The van der Waals surface area contributed by atoms with Crippen LogP contribution < -0.4 is 5.32 Å². The molecular weight excluding hydrogens is 309 g/mol. The lowest BCUT2D eigenvalue weighted by Crippen LogP contribution is -2.11. The number of anilines is 1. The number of nitrogens with one attached hydrogen (secondary N) is 1. The molecule has 2 aromatic carbocycles. The molecule has 5 heteroatoms. The van der Waals surface area contributed by atoms with E-state index in [1.54, 1.807) is 48.2 Å². The van der Waals surface area contributed by atoms with Crippen molar-refractivity contribution in [3.05, 3.63) is 59.4 Å². The van der Waals surface area contributed by atoms with Crippen molar-refractivity contribution in [3.8, 4) is 0 Å². The zero-order chi connectivity index (χ0) is 15.1. The summed E-state index contributed by atoms with van der Waals surface area (Å²) in [5.41, 5.74) is 0.746. The maximum absolute atomic E-state index is 12.7. The van der Waals surface area contributed by atoms with Gasteiger partial charge in [-0.05, 0) is 60.7 Å². The normalized spacial score (nSPS) is 10.4. The first-order valence-electron chi connectivity index (χ1n) is 6.57. The van der Waals surface area contributed by atoms with Crippen molar-refractivity contribution in [2.75, 3.05) is 11.1 Å². The Morgan fingerprint density at radius 1 is 1.10 bits per heavy atom. The number of thioether (sulfide) groups is 1. The van der Waals surface area contributed by atoms with Gasteiger partial charge in [-0.15, -0.1) is 11.8 Å². The number of hydrogen-bond acceptors (Lipinski definition) is 2. The van der Waals surface area contributed by atoms with E-state index in [0.717, 1.165) is 22.8 Å². The predicted octanol–water partition coefficient (Wildman–Crippen LogP) is 4.99. The predicted molar refractivity (Wildman–Crippen MR) is 86.4 cm³/mol. The zero-order valence-electron chi connectivity index (χ0n) is 11.3. The molecule has 0 aliphatic rings. The van der Waals surface area contributed by atoms with Crippen molar-refractivity contribution in [1.29, 1.82) is 0 Å².